The molecular weight excluding hydrogens is 530 g/mol. The van der Waals surface area contributed by atoms with Crippen LogP contribution in [0.5, 0.6) is 0 Å². The molecule has 0 bridgehead atoms. The topological polar surface area (TPSA) is 71.5 Å². The van der Waals surface area contributed by atoms with E-state index in [-0.39, 0.29) is 6.10 Å². The van der Waals surface area contributed by atoms with Gasteiger partial charge in [-0.3, -0.25) is 0 Å². The normalized spacial score (nSPS) is 29.8. The summed E-state index contributed by atoms with van der Waals surface area (Å²) in [6.45, 7) is 7.88. The van der Waals surface area contributed by atoms with Gasteiger partial charge in [-0.15, -0.1) is 11.8 Å². The number of thioether (sulfide) groups is 1. The van der Waals surface area contributed by atoms with E-state index < -0.39 is 35.4 Å². The van der Waals surface area contributed by atoms with Gasteiger partial charge in [0.15, 0.2) is 0 Å². The summed E-state index contributed by atoms with van der Waals surface area (Å²) in [5.41, 5.74) is 0.157. The molecule has 6 nitrogen and oxygen atoms in total. The fourth-order valence-electron chi connectivity index (χ4n) is 5.74. The van der Waals surface area contributed by atoms with Gasteiger partial charge in [0.25, 0.3) is 0 Å². The van der Waals surface area contributed by atoms with Crippen LogP contribution < -0.4 is 4.90 Å². The average Bonchev–Trinajstić information content (AvgIpc) is 3.58. The van der Waals surface area contributed by atoms with Crippen molar-refractivity contribution >= 4 is 40.7 Å². The first-order chi connectivity index (χ1) is 18.6. The Morgan fingerprint density at radius 1 is 1.15 bits per heavy atom. The molecule has 6 atom stereocenters. The Hall–Kier alpha value is -2.23. The Morgan fingerprint density at radius 2 is 1.79 bits per heavy atom. The number of rotatable bonds is 9. The van der Waals surface area contributed by atoms with Crippen molar-refractivity contribution in [2.75, 3.05) is 17.8 Å². The zero-order chi connectivity index (χ0) is 28.2. The van der Waals surface area contributed by atoms with E-state index in [4.69, 9.17) is 26.4 Å². The largest absolute Gasteiger partial charge is 0.443 e. The molecule has 2 fully saturated rings. The summed E-state index contributed by atoms with van der Waals surface area (Å²) in [4.78, 5) is 16.3. The number of carbonyl (C=O) groups is 1. The third kappa shape index (κ3) is 6.74. The second-order valence-corrected chi connectivity index (χ2v) is 12.5. The molecule has 2 aromatic carbocycles. The first-order valence-electron chi connectivity index (χ1n) is 13.4. The maximum atomic E-state index is 13.5. The molecule has 39 heavy (non-hydrogen) atoms. The van der Waals surface area contributed by atoms with Crippen molar-refractivity contribution in [3.63, 3.8) is 0 Å². The van der Waals surface area contributed by atoms with Gasteiger partial charge >= 0.3 is 6.09 Å². The van der Waals surface area contributed by atoms with Gasteiger partial charge in [-0.1, -0.05) is 60.3 Å². The number of amides is 1. The highest BCUT2D eigenvalue weighted by Crippen LogP contribution is 2.55. The Morgan fingerprint density at radius 3 is 2.38 bits per heavy atom. The van der Waals surface area contributed by atoms with Crippen molar-refractivity contribution in [2.45, 2.75) is 81.4 Å². The second kappa shape index (κ2) is 12.5. The number of hydrogen-bond acceptors (Lipinski definition) is 7. The predicted molar refractivity (Wildman–Crippen MR) is 160 cm³/mol. The number of methoxy groups -OCH3 is 1. The fourth-order valence-corrected chi connectivity index (χ4v) is 7.01. The van der Waals surface area contributed by atoms with Crippen molar-refractivity contribution in [3.05, 3.63) is 72.3 Å². The molecule has 1 heterocycles. The Labute approximate surface area is 241 Å². The summed E-state index contributed by atoms with van der Waals surface area (Å²) in [6.07, 6.45) is 2.09. The number of nitrogens with zero attached hydrogens (tertiary/aromatic N) is 1. The highest BCUT2D eigenvalue weighted by molar-refractivity contribution is 7.99. The van der Waals surface area contributed by atoms with Crippen LogP contribution in [-0.4, -0.2) is 58.6 Å². The lowest BCUT2D eigenvalue weighted by atomic mass is 9.66. The predicted octanol–water partition coefficient (Wildman–Crippen LogP) is 6.81. The lowest BCUT2D eigenvalue weighted by molar-refractivity contribution is -0.169. The number of aliphatic hydroxyl groups is 1. The van der Waals surface area contributed by atoms with Crippen LogP contribution in [0.4, 0.5) is 10.5 Å². The van der Waals surface area contributed by atoms with E-state index in [1.165, 1.54) is 10.5 Å². The van der Waals surface area contributed by atoms with Crippen molar-refractivity contribution in [1.29, 1.82) is 0 Å². The minimum Gasteiger partial charge on any atom is -0.443 e. The SMILES string of the molecule is COC1C(OC(=O)N(C(C)=S)c2ccccc2)CCC(O)(CSc2ccccc2)C1C1(C)OC1CC=C(C)C. The van der Waals surface area contributed by atoms with Crippen LogP contribution >= 0.6 is 24.0 Å². The minimum absolute atomic E-state index is 0.0539. The number of carbonyl (C=O) groups excluding carboxylic acids is 1. The average molecular weight is 570 g/mol. The van der Waals surface area contributed by atoms with Crippen LogP contribution in [0.1, 0.15) is 47.0 Å². The standard InChI is InChI=1S/C31H39NO5S2/c1-21(2)16-17-26-30(4,37-26)28-27(35-5)25(18-19-31(28,34)20-39-24-14-10-7-11-15-24)36-29(33)32(22(3)38)23-12-8-6-9-13-23/h6-16,25-28,34H,17-20H2,1-5H3. The molecule has 6 unspecified atom stereocenters. The van der Waals surface area contributed by atoms with Crippen LogP contribution in [-0.2, 0) is 14.2 Å². The fraction of sp³-hybridized carbons (Fsp3) is 0.484. The Balaban J connectivity index is 1.60. The summed E-state index contributed by atoms with van der Waals surface area (Å²) in [5, 5.41) is 12.2. The Kier molecular flexibility index (Phi) is 9.55. The molecule has 1 saturated carbocycles. The maximum absolute atomic E-state index is 13.5. The zero-order valence-electron chi connectivity index (χ0n) is 23.3. The number of anilines is 1. The molecule has 0 aromatic heterocycles. The van der Waals surface area contributed by atoms with Gasteiger partial charge in [-0.05, 0) is 71.2 Å². The summed E-state index contributed by atoms with van der Waals surface area (Å²) >= 11 is 7.02. The van der Waals surface area contributed by atoms with Gasteiger partial charge in [-0.25, -0.2) is 9.69 Å². The summed E-state index contributed by atoms with van der Waals surface area (Å²) in [5.74, 6) is 0.0678. The summed E-state index contributed by atoms with van der Waals surface area (Å²) in [7, 11) is 1.62. The lowest BCUT2D eigenvalue weighted by Crippen LogP contribution is -2.61. The molecule has 4 rings (SSSR count). The van der Waals surface area contributed by atoms with Crippen molar-refractivity contribution < 1.29 is 24.1 Å². The number of thiocarbonyl (C=S) groups is 1. The summed E-state index contributed by atoms with van der Waals surface area (Å²) in [6, 6.07) is 19.3. The van der Waals surface area contributed by atoms with Gasteiger partial charge in [0.05, 0.1) is 22.4 Å². The second-order valence-electron chi connectivity index (χ2n) is 10.8. The highest BCUT2D eigenvalue weighted by Gasteiger charge is 2.67. The van der Waals surface area contributed by atoms with E-state index in [0.29, 0.717) is 29.3 Å². The first-order valence-corrected chi connectivity index (χ1v) is 14.8. The van der Waals surface area contributed by atoms with E-state index >= 15 is 0 Å². The number of hydrogen-bond donors (Lipinski definition) is 1. The minimum atomic E-state index is -1.09. The molecular formula is C31H39NO5S2. The quantitative estimate of drug-likeness (QED) is 0.154. The smallest absolute Gasteiger partial charge is 0.419 e. The third-order valence-electron chi connectivity index (χ3n) is 7.74. The van der Waals surface area contributed by atoms with Crippen LogP contribution in [0.25, 0.3) is 0 Å². The molecule has 1 N–H and O–H groups in total. The van der Waals surface area contributed by atoms with Crippen molar-refractivity contribution in [1.82, 2.24) is 0 Å². The lowest BCUT2D eigenvalue weighted by Gasteiger charge is -2.49. The van der Waals surface area contributed by atoms with E-state index in [0.717, 1.165) is 11.3 Å². The molecule has 2 aromatic rings. The zero-order valence-corrected chi connectivity index (χ0v) is 25.0. The van der Waals surface area contributed by atoms with Crippen LogP contribution in [0, 0.1) is 5.92 Å². The number of allylic oxidation sites excluding steroid dienone is 1. The van der Waals surface area contributed by atoms with Gasteiger partial charge in [0, 0.05) is 23.7 Å². The molecule has 8 heteroatoms. The molecule has 0 spiro atoms. The first kappa shape index (κ1) is 29.7. The number of para-hydroxylation sites is 1. The van der Waals surface area contributed by atoms with E-state index in [2.05, 4.69) is 19.9 Å². The van der Waals surface area contributed by atoms with E-state index in [1.54, 1.807) is 25.8 Å². The number of epoxide rings is 1. The van der Waals surface area contributed by atoms with Crippen LogP contribution in [0.3, 0.4) is 0 Å². The van der Waals surface area contributed by atoms with Crippen LogP contribution in [0.15, 0.2) is 77.2 Å². The number of benzene rings is 2. The van der Waals surface area contributed by atoms with E-state index in [1.807, 2.05) is 67.6 Å². The van der Waals surface area contributed by atoms with Gasteiger partial charge in [0.1, 0.15) is 17.8 Å². The summed E-state index contributed by atoms with van der Waals surface area (Å²) < 4.78 is 18.5. The van der Waals surface area contributed by atoms with Crippen molar-refractivity contribution in [2.24, 2.45) is 5.92 Å². The number of ether oxygens (including phenoxy) is 3. The molecule has 1 aliphatic carbocycles. The van der Waals surface area contributed by atoms with Gasteiger partial charge < -0.3 is 19.3 Å². The molecule has 0 radical (unpaired) electrons. The molecule has 210 valence electrons. The molecule has 1 amide bonds. The van der Waals surface area contributed by atoms with E-state index in [9.17, 15) is 9.90 Å². The van der Waals surface area contributed by atoms with Gasteiger partial charge in [-0.2, -0.15) is 0 Å². The van der Waals surface area contributed by atoms with Crippen LogP contribution in [0.2, 0.25) is 0 Å². The molecule has 1 saturated heterocycles. The highest BCUT2D eigenvalue weighted by atomic mass is 32.2. The maximum Gasteiger partial charge on any atom is 0.419 e. The molecule has 1 aliphatic heterocycles. The van der Waals surface area contributed by atoms with Gasteiger partial charge in [0.2, 0.25) is 0 Å². The monoisotopic (exact) mass is 569 g/mol. The molecule has 2 aliphatic rings. The van der Waals surface area contributed by atoms with Crippen molar-refractivity contribution in [3.8, 4) is 0 Å². The third-order valence-corrected chi connectivity index (χ3v) is 9.17. The Bertz CT molecular complexity index is 1170.